The number of aromatic nitrogens is 4. The van der Waals surface area contributed by atoms with Crippen LogP contribution in [0, 0.1) is 0 Å². The van der Waals surface area contributed by atoms with Gasteiger partial charge in [-0.15, -0.1) is 5.10 Å². The van der Waals surface area contributed by atoms with E-state index >= 15 is 0 Å². The maximum atomic E-state index is 14.0. The molecule has 0 spiro atoms. The molecule has 10 nitrogen and oxygen atoms in total. The first kappa shape index (κ1) is 23.7. The molecule has 0 aliphatic heterocycles. The number of carbonyl (C=O) groups is 2. The van der Waals surface area contributed by atoms with E-state index in [2.05, 4.69) is 20.6 Å². The molecule has 37 heavy (non-hydrogen) atoms. The molecule has 186 valence electrons. The largest absolute Gasteiger partial charge is 0.495 e. The van der Waals surface area contributed by atoms with Gasteiger partial charge in [-0.1, -0.05) is 29.5 Å². The summed E-state index contributed by atoms with van der Waals surface area (Å²) in [6.07, 6.45) is 4.70. The molecule has 5 aromatic rings. The van der Waals surface area contributed by atoms with Crippen LogP contribution in [0.4, 0.5) is 5.69 Å². The highest BCUT2D eigenvalue weighted by Gasteiger charge is 2.34. The van der Waals surface area contributed by atoms with Crippen LogP contribution in [0.15, 0.2) is 95.9 Å². The van der Waals surface area contributed by atoms with Gasteiger partial charge in [-0.3, -0.25) is 19.5 Å². The Balaban J connectivity index is 1.57. The summed E-state index contributed by atoms with van der Waals surface area (Å²) in [6, 6.07) is 20.3. The number of pyridine rings is 1. The van der Waals surface area contributed by atoms with Crippen LogP contribution in [0.2, 0.25) is 0 Å². The van der Waals surface area contributed by atoms with Crippen LogP contribution in [-0.4, -0.2) is 38.9 Å². The number of benzene rings is 2. The topological polar surface area (TPSA) is 115 Å². The number of carbonyl (C=O) groups excluding carboxylic acids is 2. The number of amides is 2. The Morgan fingerprint density at radius 3 is 2.59 bits per heavy atom. The van der Waals surface area contributed by atoms with E-state index < -0.39 is 11.9 Å². The van der Waals surface area contributed by atoms with Crippen molar-refractivity contribution in [2.24, 2.45) is 0 Å². The highest BCUT2D eigenvalue weighted by atomic mass is 16.5. The zero-order valence-electron chi connectivity index (χ0n) is 20.0. The van der Waals surface area contributed by atoms with Gasteiger partial charge in [-0.05, 0) is 54.1 Å². The highest BCUT2D eigenvalue weighted by molar-refractivity contribution is 6.02. The van der Waals surface area contributed by atoms with Crippen molar-refractivity contribution in [2.75, 3.05) is 12.0 Å². The van der Waals surface area contributed by atoms with Gasteiger partial charge >= 0.3 is 0 Å². The lowest BCUT2D eigenvalue weighted by atomic mass is 10.0. The predicted molar refractivity (Wildman–Crippen MR) is 136 cm³/mol. The van der Waals surface area contributed by atoms with E-state index in [4.69, 9.17) is 9.15 Å². The molecule has 0 aliphatic carbocycles. The number of methoxy groups -OCH3 is 1. The van der Waals surface area contributed by atoms with Gasteiger partial charge in [0.15, 0.2) is 0 Å². The first-order chi connectivity index (χ1) is 18.2. The van der Waals surface area contributed by atoms with Crippen molar-refractivity contribution >= 4 is 28.5 Å². The summed E-state index contributed by atoms with van der Waals surface area (Å²) in [4.78, 5) is 33.3. The fourth-order valence-corrected chi connectivity index (χ4v) is 4.13. The van der Waals surface area contributed by atoms with Crippen molar-refractivity contribution < 1.29 is 18.7 Å². The summed E-state index contributed by atoms with van der Waals surface area (Å²) in [5.74, 6) is 0.253. The Kier molecular flexibility index (Phi) is 6.89. The first-order valence-electron chi connectivity index (χ1n) is 11.6. The molecule has 5 rings (SSSR count). The first-order valence-corrected chi connectivity index (χ1v) is 11.6. The molecule has 0 saturated carbocycles. The number of nitrogens with zero attached hydrogens (tertiary/aromatic N) is 5. The van der Waals surface area contributed by atoms with Gasteiger partial charge in [0.2, 0.25) is 11.8 Å². The smallest absolute Gasteiger partial charge is 0.249 e. The molecule has 3 aromatic heterocycles. The van der Waals surface area contributed by atoms with Gasteiger partial charge in [-0.25, -0.2) is 4.68 Å². The number of hydrogen-bond donors (Lipinski definition) is 1. The van der Waals surface area contributed by atoms with Crippen LogP contribution in [-0.2, 0) is 22.7 Å². The fraction of sp³-hybridized carbons (Fsp3) is 0.148. The number of anilines is 1. The van der Waals surface area contributed by atoms with Gasteiger partial charge in [0.1, 0.15) is 29.6 Å². The van der Waals surface area contributed by atoms with Crippen molar-refractivity contribution in [3.8, 4) is 5.75 Å². The lowest BCUT2D eigenvalue weighted by Gasteiger charge is -2.32. The normalized spacial score (nSPS) is 11.7. The third-order valence-electron chi connectivity index (χ3n) is 5.86. The van der Waals surface area contributed by atoms with Crippen molar-refractivity contribution in [2.45, 2.75) is 19.1 Å². The van der Waals surface area contributed by atoms with Crippen molar-refractivity contribution in [1.29, 1.82) is 0 Å². The summed E-state index contributed by atoms with van der Waals surface area (Å²) in [5.41, 5.74) is 2.39. The van der Waals surface area contributed by atoms with Gasteiger partial charge in [0.05, 0.1) is 31.1 Å². The Labute approximate surface area is 212 Å². The molecule has 0 bridgehead atoms. The van der Waals surface area contributed by atoms with Crippen LogP contribution in [0.1, 0.15) is 17.4 Å². The summed E-state index contributed by atoms with van der Waals surface area (Å²) in [6.45, 7) is 0.0146. The van der Waals surface area contributed by atoms with E-state index in [1.54, 1.807) is 60.9 Å². The van der Waals surface area contributed by atoms with Crippen molar-refractivity contribution in [1.82, 2.24) is 25.3 Å². The zero-order valence-corrected chi connectivity index (χ0v) is 20.0. The number of nitrogens with one attached hydrogen (secondary N) is 1. The summed E-state index contributed by atoms with van der Waals surface area (Å²) in [5, 5.41) is 11.2. The second-order valence-electron chi connectivity index (χ2n) is 8.15. The van der Waals surface area contributed by atoms with Crippen LogP contribution < -0.4 is 15.0 Å². The van der Waals surface area contributed by atoms with Crippen LogP contribution in [0.3, 0.4) is 0 Å². The van der Waals surface area contributed by atoms with E-state index in [9.17, 15) is 9.59 Å². The van der Waals surface area contributed by atoms with Gasteiger partial charge < -0.3 is 14.5 Å². The molecule has 2 aromatic carbocycles. The molecular weight excluding hydrogens is 472 g/mol. The Morgan fingerprint density at radius 2 is 1.81 bits per heavy atom. The highest BCUT2D eigenvalue weighted by Crippen LogP contribution is 2.35. The van der Waals surface area contributed by atoms with E-state index in [-0.39, 0.29) is 19.0 Å². The maximum absolute atomic E-state index is 14.0. The summed E-state index contributed by atoms with van der Waals surface area (Å²) < 4.78 is 12.5. The quantitative estimate of drug-likeness (QED) is 0.332. The Hall–Kier alpha value is -4.99. The molecule has 3 heterocycles. The Bertz CT molecular complexity index is 1500. The zero-order chi connectivity index (χ0) is 25.6. The minimum Gasteiger partial charge on any atom is -0.495 e. The lowest BCUT2D eigenvalue weighted by Crippen LogP contribution is -2.45. The summed E-state index contributed by atoms with van der Waals surface area (Å²) in [7, 11) is 1.52. The van der Waals surface area contributed by atoms with Crippen LogP contribution >= 0.6 is 0 Å². The molecule has 1 unspecified atom stereocenters. The lowest BCUT2D eigenvalue weighted by molar-refractivity contribution is -0.127. The van der Waals surface area contributed by atoms with Crippen LogP contribution in [0.5, 0.6) is 5.75 Å². The minimum atomic E-state index is -1.03. The monoisotopic (exact) mass is 496 g/mol. The number of rotatable bonds is 9. The molecule has 2 amide bonds. The fourth-order valence-electron chi connectivity index (χ4n) is 4.13. The van der Waals surface area contributed by atoms with Crippen molar-refractivity contribution in [3.63, 3.8) is 0 Å². The third kappa shape index (κ3) is 5.03. The van der Waals surface area contributed by atoms with Gasteiger partial charge in [0, 0.05) is 12.4 Å². The number of furan rings is 1. The summed E-state index contributed by atoms with van der Waals surface area (Å²) >= 11 is 0. The third-order valence-corrected chi connectivity index (χ3v) is 5.86. The standard InChI is InChI=1S/C27H24N6O4/c1-36-24-11-5-4-10-23(24)33(25(34)18-32-22-9-3-2-8-21(22)30-31-32)26(19-12-14-28-15-13-19)27(35)29-17-20-7-6-16-37-20/h2-16,26H,17-18H2,1H3,(H,29,35). The average molecular weight is 497 g/mol. The molecule has 0 aliphatic rings. The number of ether oxygens (including phenoxy) is 1. The molecule has 0 radical (unpaired) electrons. The second-order valence-corrected chi connectivity index (χ2v) is 8.15. The van der Waals surface area contributed by atoms with Crippen molar-refractivity contribution in [3.05, 3.63) is 103 Å². The minimum absolute atomic E-state index is 0.147. The number of fused-ring (bicyclic) bond motifs is 1. The molecular formula is C27H24N6O4. The van der Waals surface area contributed by atoms with Crippen LogP contribution in [0.25, 0.3) is 11.0 Å². The average Bonchev–Trinajstić information content (AvgIpc) is 3.61. The van der Waals surface area contributed by atoms with E-state index in [0.29, 0.717) is 33.8 Å². The second kappa shape index (κ2) is 10.7. The number of para-hydroxylation sites is 3. The SMILES string of the molecule is COc1ccccc1N(C(=O)Cn1nnc2ccccc21)C(C(=O)NCc1ccco1)c1ccncc1. The molecule has 10 heteroatoms. The van der Waals surface area contributed by atoms with Gasteiger partial charge in [0.25, 0.3) is 0 Å². The molecule has 0 saturated heterocycles. The number of hydrogen-bond acceptors (Lipinski definition) is 7. The van der Waals surface area contributed by atoms with E-state index in [1.807, 2.05) is 24.3 Å². The Morgan fingerprint density at radius 1 is 1.03 bits per heavy atom. The van der Waals surface area contributed by atoms with E-state index in [0.717, 1.165) is 0 Å². The molecule has 1 N–H and O–H groups in total. The molecule has 0 fully saturated rings. The van der Waals surface area contributed by atoms with E-state index in [1.165, 1.54) is 23.0 Å². The van der Waals surface area contributed by atoms with Gasteiger partial charge in [-0.2, -0.15) is 0 Å². The maximum Gasteiger partial charge on any atom is 0.249 e. The molecule has 1 atom stereocenters. The predicted octanol–water partition coefficient (Wildman–Crippen LogP) is 3.52.